The molecule has 0 saturated carbocycles. The van der Waals surface area contributed by atoms with Crippen LogP contribution in [-0.2, 0) is 0 Å². The SMILES string of the molecule is COc1ccc(OC)c2c(C)cc(N3CCCCCCC3)[nH+]c12. The van der Waals surface area contributed by atoms with Gasteiger partial charge < -0.3 is 9.47 Å². The maximum atomic E-state index is 5.56. The number of fused-ring (bicyclic) bond motifs is 1. The molecule has 1 aromatic carbocycles. The van der Waals surface area contributed by atoms with Gasteiger partial charge in [-0.05, 0) is 50.3 Å². The van der Waals surface area contributed by atoms with Crippen molar-refractivity contribution in [1.29, 1.82) is 0 Å². The summed E-state index contributed by atoms with van der Waals surface area (Å²) in [5.74, 6) is 2.93. The first-order chi connectivity index (χ1) is 11.2. The zero-order valence-electron chi connectivity index (χ0n) is 14.4. The topological polar surface area (TPSA) is 35.8 Å². The predicted molar refractivity (Wildman–Crippen MR) is 93.6 cm³/mol. The van der Waals surface area contributed by atoms with Crippen molar-refractivity contribution in [2.24, 2.45) is 0 Å². The first-order valence-electron chi connectivity index (χ1n) is 8.57. The Bertz CT molecular complexity index is 677. The van der Waals surface area contributed by atoms with E-state index < -0.39 is 0 Å². The number of nitrogens with zero attached hydrogens (tertiary/aromatic N) is 1. The highest BCUT2D eigenvalue weighted by molar-refractivity contribution is 5.91. The van der Waals surface area contributed by atoms with Crippen LogP contribution in [0.2, 0.25) is 0 Å². The van der Waals surface area contributed by atoms with Gasteiger partial charge in [-0.25, -0.2) is 4.98 Å². The molecule has 0 unspecified atom stereocenters. The first-order valence-corrected chi connectivity index (χ1v) is 8.57. The van der Waals surface area contributed by atoms with E-state index in [0.29, 0.717) is 0 Å². The van der Waals surface area contributed by atoms with E-state index in [2.05, 4.69) is 22.9 Å². The number of rotatable bonds is 3. The van der Waals surface area contributed by atoms with Gasteiger partial charge >= 0.3 is 0 Å². The monoisotopic (exact) mass is 315 g/mol. The number of H-pyrrole nitrogens is 1. The highest BCUT2D eigenvalue weighted by Crippen LogP contribution is 2.34. The Balaban J connectivity index is 2.08. The minimum absolute atomic E-state index is 0.859. The minimum Gasteiger partial charge on any atom is -0.496 e. The summed E-state index contributed by atoms with van der Waals surface area (Å²) >= 11 is 0. The smallest absolute Gasteiger partial charge is 0.275 e. The molecule has 0 atom stereocenters. The van der Waals surface area contributed by atoms with Crippen molar-refractivity contribution in [1.82, 2.24) is 0 Å². The van der Waals surface area contributed by atoms with Gasteiger partial charge in [-0.1, -0.05) is 6.42 Å². The van der Waals surface area contributed by atoms with Gasteiger partial charge in [0.25, 0.3) is 5.82 Å². The summed E-state index contributed by atoms with van der Waals surface area (Å²) in [4.78, 5) is 6.08. The molecule has 2 heterocycles. The fraction of sp³-hybridized carbons (Fsp3) is 0.526. The maximum absolute atomic E-state index is 5.56. The molecule has 1 aliphatic heterocycles. The highest BCUT2D eigenvalue weighted by Gasteiger charge is 2.21. The fourth-order valence-corrected chi connectivity index (χ4v) is 3.52. The van der Waals surface area contributed by atoms with E-state index in [1.54, 1.807) is 14.2 Å². The Morgan fingerprint density at radius 1 is 0.913 bits per heavy atom. The molecule has 0 aliphatic carbocycles. The zero-order chi connectivity index (χ0) is 16.2. The third kappa shape index (κ3) is 3.21. The van der Waals surface area contributed by atoms with Crippen molar-refractivity contribution >= 4 is 16.7 Å². The minimum atomic E-state index is 0.859. The molecule has 1 aliphatic rings. The Hall–Kier alpha value is -1.97. The number of pyridine rings is 1. The number of anilines is 1. The number of methoxy groups -OCH3 is 2. The third-order valence-corrected chi connectivity index (χ3v) is 4.77. The number of aromatic nitrogens is 1. The number of hydrogen-bond acceptors (Lipinski definition) is 3. The van der Waals surface area contributed by atoms with Crippen LogP contribution in [0, 0.1) is 6.92 Å². The molecule has 124 valence electrons. The molecule has 2 aromatic rings. The summed E-state index contributed by atoms with van der Waals surface area (Å²) in [7, 11) is 3.43. The number of hydrogen-bond donors (Lipinski definition) is 0. The zero-order valence-corrected chi connectivity index (χ0v) is 14.4. The molecule has 1 aromatic heterocycles. The molecule has 4 heteroatoms. The molecule has 0 radical (unpaired) electrons. The third-order valence-electron chi connectivity index (χ3n) is 4.77. The summed E-state index contributed by atoms with van der Waals surface area (Å²) in [6, 6.07) is 6.18. The molecule has 1 fully saturated rings. The predicted octanol–water partition coefficient (Wildman–Crippen LogP) is 3.75. The summed E-state index contributed by atoms with van der Waals surface area (Å²) in [5, 5.41) is 1.10. The first kappa shape index (κ1) is 15.9. The largest absolute Gasteiger partial charge is 0.496 e. The van der Waals surface area contributed by atoms with Crippen molar-refractivity contribution in [2.45, 2.75) is 39.0 Å². The Kier molecular flexibility index (Phi) is 4.89. The van der Waals surface area contributed by atoms with Crippen LogP contribution in [0.15, 0.2) is 18.2 Å². The Morgan fingerprint density at radius 2 is 1.52 bits per heavy atom. The Morgan fingerprint density at radius 3 is 2.17 bits per heavy atom. The normalized spacial score (nSPS) is 16.0. The molecule has 1 saturated heterocycles. The second kappa shape index (κ2) is 7.07. The highest BCUT2D eigenvalue weighted by atomic mass is 16.5. The van der Waals surface area contributed by atoms with E-state index in [4.69, 9.17) is 9.47 Å². The van der Waals surface area contributed by atoms with Crippen LogP contribution in [0.5, 0.6) is 11.5 Å². The average Bonchev–Trinajstić information content (AvgIpc) is 2.53. The van der Waals surface area contributed by atoms with Crippen LogP contribution in [-0.4, -0.2) is 27.3 Å². The van der Waals surface area contributed by atoms with Crippen LogP contribution < -0.4 is 19.4 Å². The van der Waals surface area contributed by atoms with E-state index in [1.165, 1.54) is 43.5 Å². The number of nitrogens with one attached hydrogen (secondary N) is 1. The number of aryl methyl sites for hydroxylation is 1. The van der Waals surface area contributed by atoms with Crippen molar-refractivity contribution in [3.8, 4) is 11.5 Å². The summed E-state index contributed by atoms with van der Waals surface area (Å²) < 4.78 is 11.1. The van der Waals surface area contributed by atoms with E-state index in [9.17, 15) is 0 Å². The van der Waals surface area contributed by atoms with Crippen LogP contribution in [0.25, 0.3) is 10.9 Å². The number of aromatic amines is 1. The van der Waals surface area contributed by atoms with Crippen molar-refractivity contribution < 1.29 is 14.5 Å². The Labute approximate surface area is 138 Å². The molecule has 4 nitrogen and oxygen atoms in total. The van der Waals surface area contributed by atoms with Gasteiger partial charge in [0, 0.05) is 6.07 Å². The lowest BCUT2D eigenvalue weighted by molar-refractivity contribution is -0.331. The summed E-state index contributed by atoms with van der Waals surface area (Å²) in [5.41, 5.74) is 2.23. The van der Waals surface area contributed by atoms with Gasteiger partial charge in [-0.3, -0.25) is 4.90 Å². The molecule has 23 heavy (non-hydrogen) atoms. The summed E-state index contributed by atoms with van der Waals surface area (Å²) in [6.07, 6.45) is 6.57. The average molecular weight is 315 g/mol. The van der Waals surface area contributed by atoms with Gasteiger partial charge in [0.2, 0.25) is 0 Å². The van der Waals surface area contributed by atoms with Crippen LogP contribution >= 0.6 is 0 Å². The number of benzene rings is 1. The standard InChI is InChI=1S/C19H26N2O2/c1-14-13-17(21-11-7-5-4-6-8-12-21)20-19-16(23-3)10-9-15(22-2)18(14)19/h9-10,13H,4-8,11-12H2,1-3H3/p+1. The van der Waals surface area contributed by atoms with Gasteiger partial charge in [-0.15, -0.1) is 0 Å². The van der Waals surface area contributed by atoms with Gasteiger partial charge in [0.15, 0.2) is 11.3 Å². The molecular weight excluding hydrogens is 288 g/mol. The van der Waals surface area contributed by atoms with Gasteiger partial charge in [-0.2, -0.15) is 0 Å². The van der Waals surface area contributed by atoms with Crippen LogP contribution in [0.1, 0.15) is 37.7 Å². The maximum Gasteiger partial charge on any atom is 0.275 e. The lowest BCUT2D eigenvalue weighted by Crippen LogP contribution is -2.32. The van der Waals surface area contributed by atoms with Crippen molar-refractivity contribution in [3.05, 3.63) is 23.8 Å². The molecule has 1 N–H and O–H groups in total. The molecule has 3 rings (SSSR count). The number of ether oxygens (including phenoxy) is 2. The molecular formula is C19H27N2O2+. The van der Waals surface area contributed by atoms with Crippen molar-refractivity contribution in [3.63, 3.8) is 0 Å². The van der Waals surface area contributed by atoms with Crippen molar-refractivity contribution in [2.75, 3.05) is 32.2 Å². The van der Waals surface area contributed by atoms with E-state index in [0.717, 1.165) is 35.5 Å². The van der Waals surface area contributed by atoms with Crippen LogP contribution in [0.4, 0.5) is 5.82 Å². The second-order valence-electron chi connectivity index (χ2n) is 6.31. The quantitative estimate of drug-likeness (QED) is 0.865. The van der Waals surface area contributed by atoms with E-state index in [-0.39, 0.29) is 0 Å². The fourth-order valence-electron chi connectivity index (χ4n) is 3.52. The van der Waals surface area contributed by atoms with E-state index >= 15 is 0 Å². The van der Waals surface area contributed by atoms with Crippen LogP contribution in [0.3, 0.4) is 0 Å². The molecule has 0 amide bonds. The second-order valence-corrected chi connectivity index (χ2v) is 6.31. The lowest BCUT2D eigenvalue weighted by atomic mass is 10.1. The van der Waals surface area contributed by atoms with E-state index in [1.807, 2.05) is 12.1 Å². The van der Waals surface area contributed by atoms with Gasteiger partial charge in [0.1, 0.15) is 5.75 Å². The summed E-state index contributed by atoms with van der Waals surface area (Å²) in [6.45, 7) is 4.38. The van der Waals surface area contributed by atoms with Gasteiger partial charge in [0.05, 0.1) is 32.7 Å². The molecule has 0 spiro atoms. The lowest BCUT2D eigenvalue weighted by Gasteiger charge is -2.20. The molecule has 0 bridgehead atoms.